The number of hydrogen-bond donors (Lipinski definition) is 2. The van der Waals surface area contributed by atoms with Crippen LogP contribution in [0.25, 0.3) is 0 Å². The van der Waals surface area contributed by atoms with Gasteiger partial charge in [-0.2, -0.15) is 0 Å². The van der Waals surface area contributed by atoms with Crippen LogP contribution in [0.3, 0.4) is 0 Å². The number of fused-ring (bicyclic) bond motifs is 2. The van der Waals surface area contributed by atoms with Gasteiger partial charge in [0.25, 0.3) is 0 Å². The molecule has 2 fully saturated rings. The summed E-state index contributed by atoms with van der Waals surface area (Å²) < 4.78 is 24.2. The number of piperidine rings is 1. The molecule has 2 atom stereocenters. The molecule has 5 heteroatoms. The van der Waals surface area contributed by atoms with E-state index in [-0.39, 0.29) is 17.9 Å². The second-order valence-electron chi connectivity index (χ2n) is 5.38. The number of halogens is 1. The topological polar surface area (TPSA) is 50.7 Å². The summed E-state index contributed by atoms with van der Waals surface area (Å²) in [5.74, 6) is 0.175. The predicted molar refractivity (Wildman–Crippen MR) is 67.6 cm³/mol. The van der Waals surface area contributed by atoms with Crippen LogP contribution < -0.4 is 10.1 Å². The molecule has 2 aliphatic heterocycles. The van der Waals surface area contributed by atoms with Gasteiger partial charge in [0.1, 0.15) is 11.6 Å². The molecule has 2 bridgehead atoms. The van der Waals surface area contributed by atoms with Gasteiger partial charge in [-0.15, -0.1) is 0 Å². The van der Waals surface area contributed by atoms with E-state index < -0.39 is 5.60 Å². The number of ether oxygens (including phenoxy) is 2. The molecule has 2 saturated heterocycles. The van der Waals surface area contributed by atoms with Crippen LogP contribution in [0.4, 0.5) is 4.39 Å². The van der Waals surface area contributed by atoms with Gasteiger partial charge in [-0.3, -0.25) is 0 Å². The van der Waals surface area contributed by atoms with Gasteiger partial charge in [-0.1, -0.05) is 0 Å². The summed E-state index contributed by atoms with van der Waals surface area (Å²) >= 11 is 0. The highest BCUT2D eigenvalue weighted by molar-refractivity contribution is 5.39. The molecule has 4 nitrogen and oxygen atoms in total. The van der Waals surface area contributed by atoms with Crippen molar-refractivity contribution in [2.75, 3.05) is 20.3 Å². The molecule has 0 aromatic heterocycles. The van der Waals surface area contributed by atoms with Crippen LogP contribution in [0.5, 0.6) is 5.75 Å². The molecule has 2 heterocycles. The van der Waals surface area contributed by atoms with E-state index >= 15 is 0 Å². The zero-order valence-corrected chi connectivity index (χ0v) is 10.9. The van der Waals surface area contributed by atoms with Crippen LogP contribution in [-0.4, -0.2) is 37.5 Å². The highest BCUT2D eigenvalue weighted by atomic mass is 19.1. The number of methoxy groups -OCH3 is 1. The van der Waals surface area contributed by atoms with Crippen molar-refractivity contribution in [3.63, 3.8) is 0 Å². The Morgan fingerprint density at radius 1 is 1.37 bits per heavy atom. The lowest BCUT2D eigenvalue weighted by atomic mass is 9.77. The molecule has 104 valence electrons. The van der Waals surface area contributed by atoms with Crippen molar-refractivity contribution >= 4 is 0 Å². The minimum Gasteiger partial charge on any atom is -0.496 e. The Kier molecular flexibility index (Phi) is 3.20. The fourth-order valence-corrected chi connectivity index (χ4v) is 3.18. The molecule has 2 aliphatic rings. The van der Waals surface area contributed by atoms with E-state index in [1.807, 2.05) is 0 Å². The Labute approximate surface area is 111 Å². The van der Waals surface area contributed by atoms with E-state index in [0.29, 0.717) is 37.4 Å². The van der Waals surface area contributed by atoms with E-state index in [1.165, 1.54) is 19.2 Å². The van der Waals surface area contributed by atoms with Gasteiger partial charge in [0, 0.05) is 17.6 Å². The average Bonchev–Trinajstić information content (AvgIpc) is 2.38. The van der Waals surface area contributed by atoms with Gasteiger partial charge in [0.05, 0.1) is 25.9 Å². The van der Waals surface area contributed by atoms with Gasteiger partial charge < -0.3 is 19.9 Å². The first-order valence-corrected chi connectivity index (χ1v) is 6.51. The van der Waals surface area contributed by atoms with Crippen molar-refractivity contribution in [2.45, 2.75) is 30.5 Å². The van der Waals surface area contributed by atoms with Gasteiger partial charge >= 0.3 is 0 Å². The van der Waals surface area contributed by atoms with Crippen molar-refractivity contribution in [2.24, 2.45) is 0 Å². The lowest BCUT2D eigenvalue weighted by Gasteiger charge is -2.45. The Morgan fingerprint density at radius 3 is 2.68 bits per heavy atom. The summed E-state index contributed by atoms with van der Waals surface area (Å²) in [5, 5.41) is 14.4. The minimum absolute atomic E-state index is 0.102. The molecule has 2 unspecified atom stereocenters. The molecule has 0 aliphatic carbocycles. The fourth-order valence-electron chi connectivity index (χ4n) is 3.18. The summed E-state index contributed by atoms with van der Waals surface area (Å²) in [6, 6.07) is 4.49. The third-order valence-electron chi connectivity index (χ3n) is 3.94. The van der Waals surface area contributed by atoms with Crippen molar-refractivity contribution in [1.29, 1.82) is 0 Å². The monoisotopic (exact) mass is 267 g/mol. The number of nitrogens with one attached hydrogen (secondary N) is 1. The SMILES string of the molecule is COc1ccc(F)cc1C1(O)CC2COCC(C1)N2. The maximum atomic E-state index is 13.5. The second-order valence-corrected chi connectivity index (χ2v) is 5.38. The lowest BCUT2D eigenvalue weighted by molar-refractivity contribution is -0.0811. The fraction of sp³-hybridized carbons (Fsp3) is 0.571. The van der Waals surface area contributed by atoms with Gasteiger partial charge in [-0.05, 0) is 31.0 Å². The molecule has 0 radical (unpaired) electrons. The number of hydrogen-bond acceptors (Lipinski definition) is 4. The van der Waals surface area contributed by atoms with Crippen molar-refractivity contribution in [3.8, 4) is 5.75 Å². The molecule has 1 aromatic rings. The quantitative estimate of drug-likeness (QED) is 0.844. The summed E-state index contributed by atoms with van der Waals surface area (Å²) in [6.07, 6.45) is 1.01. The largest absolute Gasteiger partial charge is 0.496 e. The summed E-state index contributed by atoms with van der Waals surface area (Å²) in [4.78, 5) is 0. The first-order chi connectivity index (χ1) is 9.10. The molecule has 0 spiro atoms. The Bertz CT molecular complexity index is 468. The third kappa shape index (κ3) is 2.33. The van der Waals surface area contributed by atoms with E-state index in [1.54, 1.807) is 6.07 Å². The molecule has 1 aromatic carbocycles. The molecular weight excluding hydrogens is 249 g/mol. The van der Waals surface area contributed by atoms with E-state index in [9.17, 15) is 9.50 Å². The first kappa shape index (κ1) is 12.8. The molecule has 0 saturated carbocycles. The second kappa shape index (κ2) is 4.74. The van der Waals surface area contributed by atoms with Crippen molar-refractivity contribution < 1.29 is 19.0 Å². The van der Waals surface area contributed by atoms with Crippen molar-refractivity contribution in [1.82, 2.24) is 5.32 Å². The Balaban J connectivity index is 1.97. The van der Waals surface area contributed by atoms with Crippen LogP contribution in [0.2, 0.25) is 0 Å². The smallest absolute Gasteiger partial charge is 0.125 e. The van der Waals surface area contributed by atoms with Crippen molar-refractivity contribution in [3.05, 3.63) is 29.6 Å². The van der Waals surface area contributed by atoms with E-state index in [2.05, 4.69) is 5.32 Å². The Morgan fingerprint density at radius 2 is 2.05 bits per heavy atom. The molecular formula is C14H18FNO3. The number of morpholine rings is 1. The standard InChI is InChI=1S/C14H18FNO3/c1-18-13-3-2-9(15)4-12(13)14(17)5-10-7-19-8-11(6-14)16-10/h2-4,10-11,16-17H,5-8H2,1H3. The van der Waals surface area contributed by atoms with Crippen LogP contribution in [0.1, 0.15) is 18.4 Å². The molecule has 2 N–H and O–H groups in total. The highest BCUT2D eigenvalue weighted by Gasteiger charge is 2.43. The maximum absolute atomic E-state index is 13.5. The van der Waals surface area contributed by atoms with Gasteiger partial charge in [-0.25, -0.2) is 4.39 Å². The van der Waals surface area contributed by atoms with Gasteiger partial charge in [0.2, 0.25) is 0 Å². The molecule has 0 amide bonds. The van der Waals surface area contributed by atoms with Gasteiger partial charge in [0.15, 0.2) is 0 Å². The zero-order valence-electron chi connectivity index (χ0n) is 10.9. The van der Waals surface area contributed by atoms with Crippen LogP contribution in [0, 0.1) is 5.82 Å². The minimum atomic E-state index is -1.06. The highest BCUT2D eigenvalue weighted by Crippen LogP contribution is 2.41. The first-order valence-electron chi connectivity index (χ1n) is 6.51. The number of benzene rings is 1. The van der Waals surface area contributed by atoms with E-state index in [4.69, 9.17) is 9.47 Å². The molecule has 3 rings (SSSR count). The number of rotatable bonds is 2. The summed E-state index contributed by atoms with van der Waals surface area (Å²) in [7, 11) is 1.53. The lowest BCUT2D eigenvalue weighted by Crippen LogP contribution is -2.58. The van der Waals surface area contributed by atoms with Crippen LogP contribution >= 0.6 is 0 Å². The van der Waals surface area contributed by atoms with Crippen LogP contribution in [-0.2, 0) is 10.3 Å². The summed E-state index contributed by atoms with van der Waals surface area (Å²) in [6.45, 7) is 1.16. The predicted octanol–water partition coefficient (Wildman–Crippen LogP) is 1.17. The zero-order chi connectivity index (χ0) is 13.5. The summed E-state index contributed by atoms with van der Waals surface area (Å²) in [5.41, 5.74) is -0.522. The normalized spacial score (nSPS) is 34.1. The molecule has 19 heavy (non-hydrogen) atoms. The Hall–Kier alpha value is -1.17. The van der Waals surface area contributed by atoms with E-state index in [0.717, 1.165) is 0 Å². The van der Waals surface area contributed by atoms with Crippen LogP contribution in [0.15, 0.2) is 18.2 Å². The number of aliphatic hydroxyl groups is 1. The third-order valence-corrected chi connectivity index (χ3v) is 3.94. The maximum Gasteiger partial charge on any atom is 0.125 e. The average molecular weight is 267 g/mol.